The van der Waals surface area contributed by atoms with Gasteiger partial charge >= 0.3 is 17.5 Å². The van der Waals surface area contributed by atoms with E-state index in [9.17, 15) is 25.0 Å². The molecule has 1 rings (SSSR count). The van der Waals surface area contributed by atoms with Gasteiger partial charge in [0, 0.05) is 12.1 Å². The van der Waals surface area contributed by atoms with Crippen molar-refractivity contribution in [2.75, 3.05) is 11.9 Å². The number of hydrogen-bond donors (Lipinski definition) is 1. The molecule has 0 fully saturated rings. The highest BCUT2D eigenvalue weighted by Gasteiger charge is 2.28. The summed E-state index contributed by atoms with van der Waals surface area (Å²) < 4.78 is 4.52. The van der Waals surface area contributed by atoms with E-state index in [1.807, 2.05) is 5.32 Å². The van der Waals surface area contributed by atoms with Crippen LogP contribution in [0.25, 0.3) is 0 Å². The molecule has 1 aromatic carbocycles. The van der Waals surface area contributed by atoms with E-state index in [0.29, 0.717) is 0 Å². The summed E-state index contributed by atoms with van der Waals surface area (Å²) in [5.41, 5.74) is -1.95. The molecule has 1 N–H and O–H groups in total. The topological polar surface area (TPSA) is 125 Å². The van der Waals surface area contributed by atoms with Crippen molar-refractivity contribution >= 4 is 34.8 Å². The third kappa shape index (κ3) is 3.52. The largest absolute Gasteiger partial charge is 0.450 e. The summed E-state index contributed by atoms with van der Waals surface area (Å²) in [6.07, 6.45) is -1.03. The lowest BCUT2D eigenvalue weighted by Crippen LogP contribution is -2.15. The minimum Gasteiger partial charge on any atom is -0.450 e. The number of ether oxygens (including phenoxy) is 1. The number of nitrogens with zero attached hydrogens (tertiary/aromatic N) is 2. The monoisotopic (exact) mass is 289 g/mol. The average molecular weight is 290 g/mol. The molecule has 0 aliphatic carbocycles. The molecule has 102 valence electrons. The zero-order valence-corrected chi connectivity index (χ0v) is 10.3. The summed E-state index contributed by atoms with van der Waals surface area (Å²) in [4.78, 5) is 31.1. The number of carbonyl (C=O) groups excluding carboxylic acids is 1. The van der Waals surface area contributed by atoms with Gasteiger partial charge in [0.2, 0.25) is 5.69 Å². The van der Waals surface area contributed by atoms with Crippen LogP contribution in [0.4, 0.5) is 21.9 Å². The van der Waals surface area contributed by atoms with Gasteiger partial charge in [-0.25, -0.2) is 4.79 Å². The molecular weight excluding hydrogens is 282 g/mol. The molecule has 1 amide bonds. The third-order valence-corrected chi connectivity index (χ3v) is 2.18. The van der Waals surface area contributed by atoms with Crippen LogP contribution in [-0.4, -0.2) is 22.5 Å². The van der Waals surface area contributed by atoms with Gasteiger partial charge in [0.1, 0.15) is 0 Å². The Morgan fingerprint density at radius 1 is 1.32 bits per heavy atom. The van der Waals surface area contributed by atoms with Crippen LogP contribution in [0, 0.1) is 20.2 Å². The summed E-state index contributed by atoms with van der Waals surface area (Å²) in [6.45, 7) is 1.53. The molecule has 10 heteroatoms. The van der Waals surface area contributed by atoms with Gasteiger partial charge in [0.05, 0.1) is 21.5 Å². The number of anilines is 1. The van der Waals surface area contributed by atoms with Gasteiger partial charge < -0.3 is 4.74 Å². The molecule has 0 saturated carbocycles. The number of nitro groups is 2. The van der Waals surface area contributed by atoms with Crippen molar-refractivity contribution in [2.45, 2.75) is 6.92 Å². The predicted molar refractivity (Wildman–Crippen MR) is 65.4 cm³/mol. The molecular formula is C9H8ClN3O6. The maximum absolute atomic E-state index is 11.2. The highest BCUT2D eigenvalue weighted by Crippen LogP contribution is 2.37. The van der Waals surface area contributed by atoms with Gasteiger partial charge in [-0.15, -0.1) is 0 Å². The van der Waals surface area contributed by atoms with E-state index in [1.54, 1.807) is 0 Å². The smallest absolute Gasteiger partial charge is 0.412 e. The second kappa shape index (κ2) is 5.96. The van der Waals surface area contributed by atoms with Gasteiger partial charge in [0.15, 0.2) is 0 Å². The predicted octanol–water partition coefficient (Wildman–Crippen LogP) is 2.72. The molecule has 0 spiro atoms. The Kier molecular flexibility index (Phi) is 4.59. The van der Waals surface area contributed by atoms with E-state index in [1.165, 1.54) is 6.92 Å². The number of nitrogens with one attached hydrogen (secondary N) is 1. The third-order valence-electron chi connectivity index (χ3n) is 1.96. The summed E-state index contributed by atoms with van der Waals surface area (Å²) in [7, 11) is 0. The van der Waals surface area contributed by atoms with Crippen molar-refractivity contribution < 1.29 is 19.4 Å². The number of hydrogen-bond acceptors (Lipinski definition) is 6. The van der Waals surface area contributed by atoms with Gasteiger partial charge in [-0.05, 0) is 6.92 Å². The zero-order chi connectivity index (χ0) is 14.6. The first-order chi connectivity index (χ1) is 8.86. The summed E-state index contributed by atoms with van der Waals surface area (Å²) in [5.74, 6) is 0. The van der Waals surface area contributed by atoms with Gasteiger partial charge in [-0.1, -0.05) is 11.6 Å². The first-order valence-corrected chi connectivity index (χ1v) is 5.30. The SMILES string of the molecule is CCOC(=O)Nc1c([N+](=O)[O-])cc(Cl)cc1[N+](=O)[O-]. The van der Waals surface area contributed by atoms with Crippen LogP contribution in [0.1, 0.15) is 6.92 Å². The maximum Gasteiger partial charge on any atom is 0.412 e. The van der Waals surface area contributed by atoms with E-state index in [0.717, 1.165) is 12.1 Å². The standard InChI is InChI=1S/C9H8ClN3O6/c1-2-19-9(14)11-8-6(12(15)16)3-5(10)4-7(8)13(17)18/h3-4H,2H2,1H3,(H,11,14). The molecule has 0 radical (unpaired) electrons. The van der Waals surface area contributed by atoms with Crippen LogP contribution in [0.15, 0.2) is 12.1 Å². The van der Waals surface area contributed by atoms with Crippen molar-refractivity contribution in [3.8, 4) is 0 Å². The molecule has 0 atom stereocenters. The Labute approximate surface area is 111 Å². The minimum atomic E-state index is -1.03. The fourth-order valence-corrected chi connectivity index (χ4v) is 1.47. The lowest BCUT2D eigenvalue weighted by atomic mass is 10.2. The number of amides is 1. The van der Waals surface area contributed by atoms with E-state index >= 15 is 0 Å². The fraction of sp³-hybridized carbons (Fsp3) is 0.222. The molecule has 0 saturated heterocycles. The first kappa shape index (κ1) is 14.6. The summed E-state index contributed by atoms with van der Waals surface area (Å²) >= 11 is 5.55. The number of halogens is 1. The van der Waals surface area contributed by atoms with Crippen LogP contribution in [-0.2, 0) is 4.74 Å². The van der Waals surface area contributed by atoms with Crippen molar-refractivity contribution in [2.24, 2.45) is 0 Å². The van der Waals surface area contributed by atoms with Crippen molar-refractivity contribution in [1.82, 2.24) is 0 Å². The highest BCUT2D eigenvalue weighted by molar-refractivity contribution is 6.31. The quantitative estimate of drug-likeness (QED) is 0.671. The van der Waals surface area contributed by atoms with Crippen LogP contribution >= 0.6 is 11.6 Å². The summed E-state index contributed by atoms with van der Waals surface area (Å²) in [5, 5.41) is 23.4. The van der Waals surface area contributed by atoms with Crippen LogP contribution in [0.2, 0.25) is 5.02 Å². The second-order valence-electron chi connectivity index (χ2n) is 3.18. The molecule has 19 heavy (non-hydrogen) atoms. The Balaban J connectivity index is 3.35. The van der Waals surface area contributed by atoms with Gasteiger partial charge in [-0.3, -0.25) is 25.5 Å². The van der Waals surface area contributed by atoms with E-state index in [-0.39, 0.29) is 11.6 Å². The van der Waals surface area contributed by atoms with Crippen molar-refractivity contribution in [3.05, 3.63) is 37.4 Å². The Hall–Kier alpha value is -2.42. The molecule has 0 unspecified atom stereocenters. The Morgan fingerprint density at radius 2 is 1.79 bits per heavy atom. The normalized spacial score (nSPS) is 9.79. The van der Waals surface area contributed by atoms with Crippen molar-refractivity contribution in [1.29, 1.82) is 0 Å². The highest BCUT2D eigenvalue weighted by atomic mass is 35.5. The Morgan fingerprint density at radius 3 is 2.16 bits per heavy atom. The molecule has 0 heterocycles. The molecule has 0 aliphatic rings. The number of benzene rings is 1. The van der Waals surface area contributed by atoms with Crippen LogP contribution in [0.3, 0.4) is 0 Å². The Bertz CT molecular complexity index is 512. The molecule has 9 nitrogen and oxygen atoms in total. The van der Waals surface area contributed by atoms with E-state index in [2.05, 4.69) is 4.74 Å². The molecule has 0 bridgehead atoms. The first-order valence-electron chi connectivity index (χ1n) is 4.93. The molecule has 1 aromatic rings. The molecule has 0 aromatic heterocycles. The van der Waals surface area contributed by atoms with Crippen LogP contribution in [0.5, 0.6) is 0 Å². The van der Waals surface area contributed by atoms with Gasteiger partial charge in [-0.2, -0.15) is 0 Å². The minimum absolute atomic E-state index is 0.0149. The second-order valence-corrected chi connectivity index (χ2v) is 3.62. The lowest BCUT2D eigenvalue weighted by molar-refractivity contribution is -0.392. The number of rotatable bonds is 4. The zero-order valence-electron chi connectivity index (χ0n) is 9.58. The van der Waals surface area contributed by atoms with Crippen LogP contribution < -0.4 is 5.32 Å². The van der Waals surface area contributed by atoms with Gasteiger partial charge in [0.25, 0.3) is 0 Å². The number of nitro benzene ring substituents is 2. The van der Waals surface area contributed by atoms with E-state index in [4.69, 9.17) is 11.6 Å². The fourth-order valence-electron chi connectivity index (χ4n) is 1.26. The number of carbonyl (C=O) groups is 1. The maximum atomic E-state index is 11.2. The lowest BCUT2D eigenvalue weighted by Gasteiger charge is -2.07. The van der Waals surface area contributed by atoms with Crippen molar-refractivity contribution in [3.63, 3.8) is 0 Å². The molecule has 0 aliphatic heterocycles. The average Bonchev–Trinajstić information content (AvgIpc) is 2.30. The summed E-state index contributed by atoms with van der Waals surface area (Å²) in [6, 6.07) is 1.80. The van der Waals surface area contributed by atoms with E-state index < -0.39 is 33.0 Å².